The molecule has 7 nitrogen and oxygen atoms in total. The van der Waals surface area contributed by atoms with Gasteiger partial charge >= 0.3 is 5.97 Å². The molecule has 0 aromatic heterocycles. The van der Waals surface area contributed by atoms with Crippen LogP contribution < -0.4 is 0 Å². The van der Waals surface area contributed by atoms with E-state index < -0.39 is 43.3 Å². The van der Waals surface area contributed by atoms with Gasteiger partial charge in [0, 0.05) is 6.92 Å². The van der Waals surface area contributed by atoms with Crippen LogP contribution in [0.4, 0.5) is 0 Å². The minimum Gasteiger partial charge on any atom is -0.433 e. The minimum atomic E-state index is -1.54. The molecule has 1 aliphatic rings. The molecule has 1 saturated heterocycles. The Kier molecular flexibility index (Phi) is 4.00. The van der Waals surface area contributed by atoms with Crippen LogP contribution >= 0.6 is 0 Å². The molecule has 0 bridgehead atoms. The molecule has 0 radical (unpaired) electrons. The number of rotatable bonds is 2. The number of hydrogen-bond donors (Lipinski definition) is 4. The standard InChI is InChI=1S/C8H14O7/c1-3(10)14-8-7(13)6(12)5(11)4(2-9)15-8/h4-9,11-13H,2H2,1H3/t4-,5-,6+,7-,8-/m1/s1. The van der Waals surface area contributed by atoms with Crippen molar-refractivity contribution in [1.29, 1.82) is 0 Å². The maximum atomic E-state index is 10.6. The first-order chi connectivity index (χ1) is 6.97. The van der Waals surface area contributed by atoms with Crippen LogP contribution in [0.2, 0.25) is 0 Å². The number of ether oxygens (including phenoxy) is 2. The molecule has 0 aliphatic carbocycles. The van der Waals surface area contributed by atoms with E-state index >= 15 is 0 Å². The van der Waals surface area contributed by atoms with Gasteiger partial charge in [-0.15, -0.1) is 0 Å². The lowest BCUT2D eigenvalue weighted by molar-refractivity contribution is -0.292. The Bertz CT molecular complexity index is 229. The van der Waals surface area contributed by atoms with Gasteiger partial charge in [-0.25, -0.2) is 0 Å². The third-order valence-electron chi connectivity index (χ3n) is 2.13. The predicted molar refractivity (Wildman–Crippen MR) is 45.5 cm³/mol. The van der Waals surface area contributed by atoms with E-state index in [0.29, 0.717) is 0 Å². The molecule has 1 fully saturated rings. The number of aliphatic hydroxyl groups excluding tert-OH is 4. The smallest absolute Gasteiger partial charge is 0.305 e. The second kappa shape index (κ2) is 4.86. The summed E-state index contributed by atoms with van der Waals surface area (Å²) in [6.07, 6.45) is -6.95. The van der Waals surface area contributed by atoms with Gasteiger partial charge in [-0.05, 0) is 0 Å². The molecule has 15 heavy (non-hydrogen) atoms. The van der Waals surface area contributed by atoms with Gasteiger partial charge in [0.15, 0.2) is 0 Å². The van der Waals surface area contributed by atoms with Crippen molar-refractivity contribution < 1.29 is 34.7 Å². The van der Waals surface area contributed by atoms with E-state index in [1.54, 1.807) is 0 Å². The van der Waals surface area contributed by atoms with Gasteiger partial charge in [0.05, 0.1) is 6.61 Å². The summed E-state index contributed by atoms with van der Waals surface area (Å²) in [7, 11) is 0. The first kappa shape index (κ1) is 12.3. The second-order valence-corrected chi connectivity index (χ2v) is 3.31. The lowest BCUT2D eigenvalue weighted by Crippen LogP contribution is -2.59. The lowest BCUT2D eigenvalue weighted by Gasteiger charge is -2.38. The molecule has 1 rings (SSSR count). The SMILES string of the molecule is CC(=O)O[C@@H]1O[C@H](CO)[C@@H](O)[C@H](O)[C@H]1O. The summed E-state index contributed by atoms with van der Waals surface area (Å²) in [5.74, 6) is -0.695. The van der Waals surface area contributed by atoms with Crippen LogP contribution in [0.25, 0.3) is 0 Å². The number of aliphatic hydroxyl groups is 4. The zero-order valence-corrected chi connectivity index (χ0v) is 8.11. The molecule has 5 atom stereocenters. The van der Waals surface area contributed by atoms with Crippen LogP contribution in [0.5, 0.6) is 0 Å². The number of carbonyl (C=O) groups is 1. The molecule has 0 aromatic carbocycles. The molecule has 1 aliphatic heterocycles. The average Bonchev–Trinajstić information content (AvgIpc) is 2.18. The normalized spacial score (nSPS) is 41.3. The average molecular weight is 222 g/mol. The molecule has 0 aromatic rings. The van der Waals surface area contributed by atoms with Gasteiger partial charge in [-0.3, -0.25) is 4.79 Å². The molecule has 0 saturated carbocycles. The predicted octanol–water partition coefficient (Wildman–Crippen LogP) is -2.65. The van der Waals surface area contributed by atoms with E-state index in [-0.39, 0.29) is 0 Å². The Balaban J connectivity index is 2.69. The molecule has 0 unspecified atom stereocenters. The molecule has 4 N–H and O–H groups in total. The summed E-state index contributed by atoms with van der Waals surface area (Å²) in [6.45, 7) is 0.560. The minimum absolute atomic E-state index is 0.553. The zero-order valence-electron chi connectivity index (χ0n) is 8.11. The van der Waals surface area contributed by atoms with Crippen LogP contribution in [-0.4, -0.2) is 63.7 Å². The van der Waals surface area contributed by atoms with Crippen molar-refractivity contribution in [3.05, 3.63) is 0 Å². The quantitative estimate of drug-likeness (QED) is 0.377. The summed E-state index contributed by atoms with van der Waals surface area (Å²) in [5.41, 5.74) is 0. The highest BCUT2D eigenvalue weighted by molar-refractivity contribution is 5.66. The van der Waals surface area contributed by atoms with E-state index in [2.05, 4.69) is 4.74 Å². The topological polar surface area (TPSA) is 116 Å². The molecule has 1 heterocycles. The molecular weight excluding hydrogens is 208 g/mol. The van der Waals surface area contributed by atoms with Crippen LogP contribution in [0.3, 0.4) is 0 Å². The van der Waals surface area contributed by atoms with Gasteiger partial charge in [-0.2, -0.15) is 0 Å². The van der Waals surface area contributed by atoms with Crippen molar-refractivity contribution in [2.75, 3.05) is 6.61 Å². The van der Waals surface area contributed by atoms with Crippen molar-refractivity contribution in [3.63, 3.8) is 0 Å². The Morgan fingerprint density at radius 2 is 1.87 bits per heavy atom. The van der Waals surface area contributed by atoms with Crippen LogP contribution in [0, 0.1) is 0 Å². The Labute approximate surface area is 85.9 Å². The highest BCUT2D eigenvalue weighted by atomic mass is 16.7. The highest BCUT2D eigenvalue weighted by Gasteiger charge is 2.44. The Morgan fingerprint density at radius 1 is 1.27 bits per heavy atom. The summed E-state index contributed by atoms with van der Waals surface area (Å²) < 4.78 is 9.45. The number of hydrogen-bond acceptors (Lipinski definition) is 7. The Hall–Kier alpha value is -0.730. The maximum absolute atomic E-state index is 10.6. The maximum Gasteiger partial charge on any atom is 0.305 e. The fourth-order valence-electron chi connectivity index (χ4n) is 1.33. The largest absolute Gasteiger partial charge is 0.433 e. The summed E-state index contributed by atoms with van der Waals surface area (Å²) in [5, 5.41) is 36.8. The molecule has 0 spiro atoms. The number of esters is 1. The van der Waals surface area contributed by atoms with Gasteiger partial charge in [0.25, 0.3) is 0 Å². The molecule has 7 heteroatoms. The van der Waals surface area contributed by atoms with E-state index in [0.717, 1.165) is 6.92 Å². The molecule has 88 valence electrons. The van der Waals surface area contributed by atoms with E-state index in [4.69, 9.17) is 9.84 Å². The lowest BCUT2D eigenvalue weighted by atomic mass is 9.99. The Morgan fingerprint density at radius 3 is 2.33 bits per heavy atom. The first-order valence-corrected chi connectivity index (χ1v) is 4.45. The summed E-state index contributed by atoms with van der Waals surface area (Å²) in [6, 6.07) is 0. The van der Waals surface area contributed by atoms with E-state index in [1.807, 2.05) is 0 Å². The second-order valence-electron chi connectivity index (χ2n) is 3.31. The van der Waals surface area contributed by atoms with Crippen LogP contribution in [0.1, 0.15) is 6.92 Å². The van der Waals surface area contributed by atoms with Crippen molar-refractivity contribution in [3.8, 4) is 0 Å². The van der Waals surface area contributed by atoms with Gasteiger partial charge in [0.2, 0.25) is 6.29 Å². The zero-order chi connectivity index (χ0) is 11.6. The van der Waals surface area contributed by atoms with Gasteiger partial charge < -0.3 is 29.9 Å². The first-order valence-electron chi connectivity index (χ1n) is 4.45. The fourth-order valence-corrected chi connectivity index (χ4v) is 1.33. The monoisotopic (exact) mass is 222 g/mol. The van der Waals surface area contributed by atoms with E-state index in [1.165, 1.54) is 0 Å². The van der Waals surface area contributed by atoms with Crippen LogP contribution in [0.15, 0.2) is 0 Å². The summed E-state index contributed by atoms with van der Waals surface area (Å²) >= 11 is 0. The highest BCUT2D eigenvalue weighted by Crippen LogP contribution is 2.21. The third-order valence-corrected chi connectivity index (χ3v) is 2.13. The van der Waals surface area contributed by atoms with Crippen LogP contribution in [-0.2, 0) is 14.3 Å². The van der Waals surface area contributed by atoms with Crippen molar-refractivity contribution in [1.82, 2.24) is 0 Å². The third kappa shape index (κ3) is 2.64. The molecule has 0 amide bonds. The van der Waals surface area contributed by atoms with Crippen molar-refractivity contribution in [2.45, 2.75) is 37.6 Å². The van der Waals surface area contributed by atoms with E-state index in [9.17, 15) is 20.1 Å². The van der Waals surface area contributed by atoms with Crippen molar-refractivity contribution in [2.24, 2.45) is 0 Å². The molecular formula is C8H14O7. The van der Waals surface area contributed by atoms with Gasteiger partial charge in [-0.1, -0.05) is 0 Å². The summed E-state index contributed by atoms with van der Waals surface area (Å²) in [4.78, 5) is 10.6. The van der Waals surface area contributed by atoms with Gasteiger partial charge in [0.1, 0.15) is 24.4 Å². The van der Waals surface area contributed by atoms with Crippen molar-refractivity contribution >= 4 is 5.97 Å². The number of carbonyl (C=O) groups excluding carboxylic acids is 1. The fraction of sp³-hybridized carbons (Fsp3) is 0.875.